The van der Waals surface area contributed by atoms with Crippen molar-refractivity contribution in [2.24, 2.45) is 0 Å². The molecule has 1 aromatic heterocycles. The van der Waals surface area contributed by atoms with E-state index in [0.29, 0.717) is 22.5 Å². The van der Waals surface area contributed by atoms with E-state index in [1.807, 2.05) is 42.5 Å². The summed E-state index contributed by atoms with van der Waals surface area (Å²) in [6.45, 7) is 1.77. The van der Waals surface area contributed by atoms with Crippen molar-refractivity contribution in [3.8, 4) is 17.2 Å². The molecule has 0 amide bonds. The van der Waals surface area contributed by atoms with Gasteiger partial charge in [-0.3, -0.25) is 4.79 Å². The summed E-state index contributed by atoms with van der Waals surface area (Å²) in [7, 11) is 0. The van der Waals surface area contributed by atoms with Gasteiger partial charge in [-0.2, -0.15) is 0 Å². The number of esters is 1. The molecule has 0 radical (unpaired) electrons. The van der Waals surface area contributed by atoms with Gasteiger partial charge < -0.3 is 18.6 Å². The maximum absolute atomic E-state index is 12.8. The number of hydrogen-bond acceptors (Lipinski definition) is 6. The summed E-state index contributed by atoms with van der Waals surface area (Å²) < 4.78 is 23.0. The number of halogens is 1. The largest absolute Gasteiger partial charge is 0.479 e. The van der Waals surface area contributed by atoms with E-state index in [2.05, 4.69) is 15.9 Å². The van der Waals surface area contributed by atoms with Crippen molar-refractivity contribution < 1.29 is 23.4 Å². The van der Waals surface area contributed by atoms with Crippen LogP contribution in [0.1, 0.15) is 12.5 Å². The molecule has 32 heavy (non-hydrogen) atoms. The van der Waals surface area contributed by atoms with Crippen LogP contribution in [0, 0.1) is 0 Å². The summed E-state index contributed by atoms with van der Waals surface area (Å²) in [5.41, 5.74) is 0.891. The maximum atomic E-state index is 12.8. The Hall–Kier alpha value is -3.58. The number of benzene rings is 3. The van der Waals surface area contributed by atoms with Gasteiger partial charge in [0.1, 0.15) is 30.0 Å². The second-order valence-electron chi connectivity index (χ2n) is 6.97. The molecule has 1 heterocycles. The molecular formula is C25H19BrO6. The molecule has 0 aliphatic carbocycles. The Morgan fingerprint density at radius 3 is 2.53 bits per heavy atom. The second kappa shape index (κ2) is 9.70. The third-order valence-corrected chi connectivity index (χ3v) is 5.29. The number of para-hydroxylation sites is 1. The molecule has 0 saturated carbocycles. The van der Waals surface area contributed by atoms with Crippen molar-refractivity contribution in [2.75, 3.05) is 0 Å². The lowest BCUT2D eigenvalue weighted by molar-refractivity contribution is -0.152. The molecule has 4 rings (SSSR count). The standard InChI is InChI=1S/C25H19BrO6/c1-16(25(28)30-14-17-7-3-2-4-8-17)31-18-11-12-19-22(13-18)29-15-23(24(19)27)32-21-10-6-5-9-20(21)26/h2-13,15-16H,14H2,1H3. The van der Waals surface area contributed by atoms with Gasteiger partial charge in [0, 0.05) is 6.07 Å². The summed E-state index contributed by atoms with van der Waals surface area (Å²) in [5.74, 6) is 0.453. The third-order valence-electron chi connectivity index (χ3n) is 4.64. The smallest absolute Gasteiger partial charge is 0.347 e. The second-order valence-corrected chi connectivity index (χ2v) is 7.83. The van der Waals surface area contributed by atoms with E-state index in [4.69, 9.17) is 18.6 Å². The molecule has 0 N–H and O–H groups in total. The lowest BCUT2D eigenvalue weighted by atomic mass is 10.2. The monoisotopic (exact) mass is 494 g/mol. The lowest BCUT2D eigenvalue weighted by Gasteiger charge is -2.14. The van der Waals surface area contributed by atoms with Gasteiger partial charge in [0.05, 0.1) is 9.86 Å². The number of ether oxygens (including phenoxy) is 3. The number of hydrogen-bond donors (Lipinski definition) is 0. The minimum absolute atomic E-state index is 0.0657. The van der Waals surface area contributed by atoms with Crippen LogP contribution in [0.15, 0.2) is 92.7 Å². The topological polar surface area (TPSA) is 75.0 Å². The first-order valence-electron chi connectivity index (χ1n) is 9.86. The molecule has 0 saturated heterocycles. The quantitative estimate of drug-likeness (QED) is 0.299. The summed E-state index contributed by atoms with van der Waals surface area (Å²) in [4.78, 5) is 25.0. The van der Waals surface area contributed by atoms with Gasteiger partial charge >= 0.3 is 5.97 Å². The van der Waals surface area contributed by atoms with E-state index in [1.165, 1.54) is 6.26 Å². The van der Waals surface area contributed by atoms with Crippen LogP contribution in [-0.2, 0) is 16.1 Å². The first-order chi connectivity index (χ1) is 15.5. The van der Waals surface area contributed by atoms with Gasteiger partial charge in [0.2, 0.25) is 11.2 Å². The van der Waals surface area contributed by atoms with E-state index in [1.54, 1.807) is 37.3 Å². The molecule has 0 spiro atoms. The molecule has 0 bridgehead atoms. The molecule has 6 nitrogen and oxygen atoms in total. The third kappa shape index (κ3) is 5.00. The van der Waals surface area contributed by atoms with Crippen LogP contribution in [0.5, 0.6) is 17.2 Å². The van der Waals surface area contributed by atoms with Gasteiger partial charge in [0.15, 0.2) is 6.10 Å². The lowest BCUT2D eigenvalue weighted by Crippen LogP contribution is -2.26. The van der Waals surface area contributed by atoms with Crippen molar-refractivity contribution in [2.45, 2.75) is 19.6 Å². The van der Waals surface area contributed by atoms with Gasteiger partial charge in [-0.15, -0.1) is 0 Å². The van der Waals surface area contributed by atoms with Crippen molar-refractivity contribution >= 4 is 32.9 Å². The average Bonchev–Trinajstić information content (AvgIpc) is 2.81. The van der Waals surface area contributed by atoms with Crippen LogP contribution in [0.4, 0.5) is 0 Å². The summed E-state index contributed by atoms with van der Waals surface area (Å²) >= 11 is 3.38. The highest BCUT2D eigenvalue weighted by Gasteiger charge is 2.18. The van der Waals surface area contributed by atoms with Crippen molar-refractivity contribution in [3.05, 3.63) is 99.3 Å². The van der Waals surface area contributed by atoms with Crippen molar-refractivity contribution in [1.82, 2.24) is 0 Å². The SMILES string of the molecule is CC(Oc1ccc2c(=O)c(Oc3ccccc3Br)coc2c1)C(=O)OCc1ccccc1. The van der Waals surface area contributed by atoms with Gasteiger partial charge in [-0.25, -0.2) is 4.79 Å². The van der Waals surface area contributed by atoms with Crippen LogP contribution in [0.25, 0.3) is 11.0 Å². The molecule has 1 unspecified atom stereocenters. The number of carbonyl (C=O) groups excluding carboxylic acids is 1. The Morgan fingerprint density at radius 2 is 1.75 bits per heavy atom. The molecule has 4 aromatic rings. The molecule has 0 aliphatic heterocycles. The summed E-state index contributed by atoms with van der Waals surface area (Å²) in [6, 6.07) is 21.3. The van der Waals surface area contributed by atoms with Crippen molar-refractivity contribution in [1.29, 1.82) is 0 Å². The zero-order chi connectivity index (χ0) is 22.5. The summed E-state index contributed by atoms with van der Waals surface area (Å²) in [5, 5.41) is 0.334. The highest BCUT2D eigenvalue weighted by atomic mass is 79.9. The zero-order valence-electron chi connectivity index (χ0n) is 17.1. The highest BCUT2D eigenvalue weighted by molar-refractivity contribution is 9.10. The molecular weight excluding hydrogens is 476 g/mol. The summed E-state index contributed by atoms with van der Waals surface area (Å²) in [6.07, 6.45) is 0.423. The highest BCUT2D eigenvalue weighted by Crippen LogP contribution is 2.29. The molecule has 0 fully saturated rings. The Labute approximate surface area is 192 Å². The number of carbonyl (C=O) groups is 1. The number of fused-ring (bicyclic) bond motifs is 1. The van der Waals surface area contributed by atoms with E-state index in [9.17, 15) is 9.59 Å². The average molecular weight is 495 g/mol. The molecule has 3 aromatic carbocycles. The van der Waals surface area contributed by atoms with Crippen LogP contribution >= 0.6 is 15.9 Å². The van der Waals surface area contributed by atoms with Crippen LogP contribution < -0.4 is 14.9 Å². The normalized spacial score (nSPS) is 11.7. The van der Waals surface area contributed by atoms with E-state index in [0.717, 1.165) is 10.0 Å². The minimum Gasteiger partial charge on any atom is -0.479 e. The molecule has 0 aliphatic rings. The molecule has 1 atom stereocenters. The first kappa shape index (κ1) is 21.6. The molecule has 162 valence electrons. The van der Waals surface area contributed by atoms with Gasteiger partial charge in [-0.1, -0.05) is 42.5 Å². The van der Waals surface area contributed by atoms with Gasteiger partial charge in [0.25, 0.3) is 0 Å². The van der Waals surface area contributed by atoms with Crippen LogP contribution in [0.3, 0.4) is 0 Å². The molecule has 7 heteroatoms. The van der Waals surface area contributed by atoms with Crippen LogP contribution in [0.2, 0.25) is 0 Å². The fraction of sp³-hybridized carbons (Fsp3) is 0.120. The van der Waals surface area contributed by atoms with E-state index < -0.39 is 12.1 Å². The van der Waals surface area contributed by atoms with Crippen molar-refractivity contribution in [3.63, 3.8) is 0 Å². The Kier molecular flexibility index (Phi) is 6.56. The fourth-order valence-electron chi connectivity index (χ4n) is 2.98. The predicted molar refractivity (Wildman–Crippen MR) is 123 cm³/mol. The van der Waals surface area contributed by atoms with Crippen LogP contribution in [-0.4, -0.2) is 12.1 Å². The zero-order valence-corrected chi connectivity index (χ0v) is 18.7. The van der Waals surface area contributed by atoms with E-state index in [-0.39, 0.29) is 17.8 Å². The Morgan fingerprint density at radius 1 is 1.00 bits per heavy atom. The first-order valence-corrected chi connectivity index (χ1v) is 10.7. The minimum atomic E-state index is -0.832. The van der Waals surface area contributed by atoms with Gasteiger partial charge in [-0.05, 0) is 52.7 Å². The predicted octanol–water partition coefficient (Wildman–Crippen LogP) is 5.86. The maximum Gasteiger partial charge on any atom is 0.347 e. The fourth-order valence-corrected chi connectivity index (χ4v) is 3.34. The Bertz CT molecular complexity index is 1300. The Balaban J connectivity index is 1.46. The number of rotatable bonds is 7. The van der Waals surface area contributed by atoms with E-state index >= 15 is 0 Å².